The first-order chi connectivity index (χ1) is 11.2. The van der Waals surface area contributed by atoms with Crippen molar-refractivity contribution < 1.29 is 28.3 Å². The smallest absolute Gasteiger partial charge is 0.407 e. The van der Waals surface area contributed by atoms with E-state index in [0.29, 0.717) is 5.75 Å². The average molecular weight is 356 g/mol. The SMILES string of the molecule is CC(C)(C)OC(=O)NCCSc1noc2ccc(F)c(C(=O)O)c12. The summed E-state index contributed by atoms with van der Waals surface area (Å²) in [7, 11) is 0. The quantitative estimate of drug-likeness (QED) is 0.626. The number of halogens is 1. The first-order valence-corrected chi connectivity index (χ1v) is 8.08. The zero-order valence-electron chi connectivity index (χ0n) is 13.4. The summed E-state index contributed by atoms with van der Waals surface area (Å²) >= 11 is 1.15. The van der Waals surface area contributed by atoms with Gasteiger partial charge in [0.15, 0.2) is 5.58 Å². The molecule has 2 rings (SSSR count). The first kappa shape index (κ1) is 18.1. The van der Waals surface area contributed by atoms with Crippen molar-refractivity contribution in [3.05, 3.63) is 23.5 Å². The van der Waals surface area contributed by atoms with Crippen molar-refractivity contribution in [3.8, 4) is 0 Å². The summed E-state index contributed by atoms with van der Waals surface area (Å²) < 4.78 is 23.9. The Morgan fingerprint density at radius 1 is 1.42 bits per heavy atom. The highest BCUT2D eigenvalue weighted by Crippen LogP contribution is 2.31. The van der Waals surface area contributed by atoms with Crippen LogP contribution in [-0.4, -0.2) is 40.2 Å². The molecular formula is C15H17FN2O5S. The van der Waals surface area contributed by atoms with Crippen LogP contribution in [0.25, 0.3) is 11.0 Å². The van der Waals surface area contributed by atoms with Crippen LogP contribution in [0.3, 0.4) is 0 Å². The van der Waals surface area contributed by atoms with E-state index in [1.807, 2.05) is 0 Å². The Kier molecular flexibility index (Phi) is 5.33. The summed E-state index contributed by atoms with van der Waals surface area (Å²) in [6.07, 6.45) is -0.551. The Bertz CT molecular complexity index is 769. The number of alkyl carbamates (subject to hydrolysis) is 1. The third-order valence-corrected chi connectivity index (χ3v) is 3.74. The highest BCUT2D eigenvalue weighted by molar-refractivity contribution is 7.99. The normalized spacial score (nSPS) is 11.5. The number of nitrogens with one attached hydrogen (secondary N) is 1. The minimum absolute atomic E-state index is 0.116. The van der Waals surface area contributed by atoms with Crippen LogP contribution < -0.4 is 5.32 Å². The maximum absolute atomic E-state index is 13.7. The van der Waals surface area contributed by atoms with Crippen LogP contribution >= 0.6 is 11.8 Å². The molecule has 0 saturated heterocycles. The number of aromatic carboxylic acids is 1. The van der Waals surface area contributed by atoms with Crippen molar-refractivity contribution in [2.75, 3.05) is 12.3 Å². The van der Waals surface area contributed by atoms with Crippen LogP contribution in [0.4, 0.5) is 9.18 Å². The lowest BCUT2D eigenvalue weighted by Crippen LogP contribution is -2.33. The average Bonchev–Trinajstić information content (AvgIpc) is 2.84. The second-order valence-corrected chi connectivity index (χ2v) is 6.95. The number of hydrogen-bond donors (Lipinski definition) is 2. The number of carboxylic acid groups (broad SMARTS) is 1. The fourth-order valence-corrected chi connectivity index (χ4v) is 2.74. The molecule has 1 heterocycles. The van der Waals surface area contributed by atoms with Crippen LogP contribution in [0.2, 0.25) is 0 Å². The highest BCUT2D eigenvalue weighted by atomic mass is 32.2. The van der Waals surface area contributed by atoms with Crippen molar-refractivity contribution in [1.29, 1.82) is 0 Å². The number of carbonyl (C=O) groups is 2. The molecule has 0 aliphatic rings. The molecule has 0 fully saturated rings. The molecule has 0 atom stereocenters. The monoisotopic (exact) mass is 356 g/mol. The summed E-state index contributed by atoms with van der Waals surface area (Å²) in [5, 5.41) is 15.9. The number of ether oxygens (including phenoxy) is 1. The molecule has 2 N–H and O–H groups in total. The molecule has 0 aliphatic carbocycles. The van der Waals surface area contributed by atoms with E-state index in [0.717, 1.165) is 17.8 Å². The lowest BCUT2D eigenvalue weighted by atomic mass is 10.1. The largest absolute Gasteiger partial charge is 0.478 e. The lowest BCUT2D eigenvalue weighted by Gasteiger charge is -2.19. The molecule has 1 aromatic carbocycles. The molecule has 1 amide bonds. The van der Waals surface area contributed by atoms with E-state index in [-0.39, 0.29) is 22.5 Å². The Balaban J connectivity index is 2.03. The van der Waals surface area contributed by atoms with Gasteiger partial charge in [-0.2, -0.15) is 0 Å². The predicted octanol–water partition coefficient (Wildman–Crippen LogP) is 3.28. The molecular weight excluding hydrogens is 339 g/mol. The number of aromatic nitrogens is 1. The Hall–Kier alpha value is -2.29. The Morgan fingerprint density at radius 2 is 2.12 bits per heavy atom. The standard InChI is InChI=1S/C15H17FN2O5S/c1-15(2,3)22-14(21)17-6-7-24-12-11-9(23-18-12)5-4-8(16)10(11)13(19)20/h4-5H,6-7H2,1-3H3,(H,17,21)(H,19,20). The van der Waals surface area contributed by atoms with Gasteiger partial charge in [0.05, 0.1) is 5.39 Å². The molecule has 9 heteroatoms. The van der Waals surface area contributed by atoms with Gasteiger partial charge in [-0.05, 0) is 32.9 Å². The maximum atomic E-state index is 13.7. The summed E-state index contributed by atoms with van der Waals surface area (Å²) in [5.41, 5.74) is -0.874. The topological polar surface area (TPSA) is 102 Å². The second-order valence-electron chi connectivity index (χ2n) is 5.87. The molecule has 1 aromatic heterocycles. The number of nitrogens with zero attached hydrogens (tertiary/aromatic N) is 1. The van der Waals surface area contributed by atoms with Gasteiger partial charge in [-0.25, -0.2) is 14.0 Å². The van der Waals surface area contributed by atoms with Crippen LogP contribution in [-0.2, 0) is 4.74 Å². The molecule has 0 bridgehead atoms. The van der Waals surface area contributed by atoms with Crippen LogP contribution in [0.15, 0.2) is 21.7 Å². The van der Waals surface area contributed by atoms with Crippen molar-refractivity contribution in [3.63, 3.8) is 0 Å². The summed E-state index contributed by atoms with van der Waals surface area (Å²) in [4.78, 5) is 22.8. The number of rotatable bonds is 5. The van der Waals surface area contributed by atoms with E-state index in [1.165, 1.54) is 6.07 Å². The van der Waals surface area contributed by atoms with E-state index in [2.05, 4.69) is 10.5 Å². The molecule has 0 saturated carbocycles. The Labute approximate surface area is 141 Å². The molecule has 130 valence electrons. The van der Waals surface area contributed by atoms with Gasteiger partial charge in [0.2, 0.25) is 0 Å². The van der Waals surface area contributed by atoms with Gasteiger partial charge < -0.3 is 19.7 Å². The molecule has 7 nitrogen and oxygen atoms in total. The number of carbonyl (C=O) groups excluding carboxylic acids is 1. The van der Waals surface area contributed by atoms with Crippen molar-refractivity contribution in [1.82, 2.24) is 10.5 Å². The number of fused-ring (bicyclic) bond motifs is 1. The van der Waals surface area contributed by atoms with Gasteiger partial charge in [-0.1, -0.05) is 5.16 Å². The van der Waals surface area contributed by atoms with Crippen LogP contribution in [0.1, 0.15) is 31.1 Å². The molecule has 24 heavy (non-hydrogen) atoms. The number of amides is 1. The summed E-state index contributed by atoms with van der Waals surface area (Å²) in [5.74, 6) is -1.86. The predicted molar refractivity (Wildman–Crippen MR) is 85.9 cm³/mol. The molecule has 2 aromatic rings. The molecule has 0 spiro atoms. The zero-order valence-corrected chi connectivity index (χ0v) is 14.2. The number of benzene rings is 1. The van der Waals surface area contributed by atoms with Crippen LogP contribution in [0.5, 0.6) is 0 Å². The van der Waals surface area contributed by atoms with Gasteiger partial charge in [0, 0.05) is 12.3 Å². The van der Waals surface area contributed by atoms with E-state index in [4.69, 9.17) is 14.4 Å². The highest BCUT2D eigenvalue weighted by Gasteiger charge is 2.22. The molecule has 0 radical (unpaired) electrons. The minimum atomic E-state index is -1.39. The first-order valence-electron chi connectivity index (χ1n) is 7.10. The van der Waals surface area contributed by atoms with E-state index in [9.17, 15) is 14.0 Å². The lowest BCUT2D eigenvalue weighted by molar-refractivity contribution is 0.0530. The summed E-state index contributed by atoms with van der Waals surface area (Å²) in [6.45, 7) is 5.53. The number of thioether (sulfide) groups is 1. The second kappa shape index (κ2) is 7.08. The van der Waals surface area contributed by atoms with Crippen molar-refractivity contribution in [2.24, 2.45) is 0 Å². The van der Waals surface area contributed by atoms with E-state index in [1.54, 1.807) is 20.8 Å². The fourth-order valence-electron chi connectivity index (χ4n) is 1.91. The van der Waals surface area contributed by atoms with Gasteiger partial charge in [-0.15, -0.1) is 11.8 Å². The van der Waals surface area contributed by atoms with Gasteiger partial charge in [0.1, 0.15) is 22.0 Å². The minimum Gasteiger partial charge on any atom is -0.478 e. The third kappa shape index (κ3) is 4.38. The van der Waals surface area contributed by atoms with Crippen molar-refractivity contribution >= 4 is 34.8 Å². The van der Waals surface area contributed by atoms with E-state index < -0.39 is 29.0 Å². The maximum Gasteiger partial charge on any atom is 0.407 e. The zero-order chi connectivity index (χ0) is 17.9. The third-order valence-electron chi connectivity index (χ3n) is 2.78. The number of hydrogen-bond acceptors (Lipinski definition) is 6. The molecule has 0 aliphatic heterocycles. The van der Waals surface area contributed by atoms with Crippen molar-refractivity contribution in [2.45, 2.75) is 31.4 Å². The molecule has 0 unspecified atom stereocenters. The van der Waals surface area contributed by atoms with Gasteiger partial charge >= 0.3 is 12.1 Å². The Morgan fingerprint density at radius 3 is 2.75 bits per heavy atom. The van der Waals surface area contributed by atoms with Gasteiger partial charge in [0.25, 0.3) is 0 Å². The van der Waals surface area contributed by atoms with Crippen LogP contribution in [0, 0.1) is 5.82 Å². The number of carboxylic acids is 1. The van der Waals surface area contributed by atoms with Gasteiger partial charge in [-0.3, -0.25) is 0 Å². The fraction of sp³-hybridized carbons (Fsp3) is 0.400. The summed E-state index contributed by atoms with van der Waals surface area (Å²) in [6, 6.07) is 2.35. The van der Waals surface area contributed by atoms with E-state index >= 15 is 0 Å².